The van der Waals surface area contributed by atoms with Crippen LogP contribution in [0.4, 0.5) is 10.2 Å². The van der Waals surface area contributed by atoms with E-state index in [0.717, 1.165) is 85.5 Å². The lowest BCUT2D eigenvalue weighted by atomic mass is 9.97. The Hall–Kier alpha value is -3.76. The van der Waals surface area contributed by atoms with E-state index >= 15 is 0 Å². The molecule has 38 heavy (non-hydrogen) atoms. The summed E-state index contributed by atoms with van der Waals surface area (Å²) >= 11 is 0. The second-order valence-corrected chi connectivity index (χ2v) is 10.1. The summed E-state index contributed by atoms with van der Waals surface area (Å²) in [5, 5.41) is 14.2. The molecule has 1 fully saturated rings. The highest BCUT2D eigenvalue weighted by Crippen LogP contribution is 2.32. The van der Waals surface area contributed by atoms with Gasteiger partial charge >= 0.3 is 0 Å². The Morgan fingerprint density at radius 1 is 1.16 bits per heavy atom. The number of nitriles is 1. The number of hydrogen-bond donors (Lipinski definition) is 0. The molecule has 196 valence electrons. The Balaban J connectivity index is 1.36. The largest absolute Gasteiger partial charge is 0.354 e. The number of rotatable bonds is 7. The standard InChI is InChI=1S/C31H35FN6/c1-4-7-23(5-2)25-16-27(31-26(17-33)19-35-38(31)20-25)24-10-11-30(34-18-24)37-14-12-36(13-15-37)21-28-22(3)8-6-9-29(28)32/h7,9-11,16,18-20H,4-6,8,12-15,21H2,1-3H3/b23-7+. The minimum absolute atomic E-state index is 0.0411. The summed E-state index contributed by atoms with van der Waals surface area (Å²) in [6, 6.07) is 8.60. The van der Waals surface area contributed by atoms with Crippen molar-refractivity contribution in [3.05, 3.63) is 77.0 Å². The van der Waals surface area contributed by atoms with E-state index in [2.05, 4.69) is 66.0 Å². The molecule has 2 aliphatic rings. The molecule has 0 bridgehead atoms. The summed E-state index contributed by atoms with van der Waals surface area (Å²) in [5.41, 5.74) is 7.71. The van der Waals surface area contributed by atoms with E-state index < -0.39 is 0 Å². The van der Waals surface area contributed by atoms with Crippen molar-refractivity contribution in [1.29, 1.82) is 5.26 Å². The van der Waals surface area contributed by atoms with Gasteiger partial charge in [-0.05, 0) is 68.0 Å². The van der Waals surface area contributed by atoms with Crippen molar-refractivity contribution in [2.75, 3.05) is 37.6 Å². The summed E-state index contributed by atoms with van der Waals surface area (Å²) in [7, 11) is 0. The Morgan fingerprint density at radius 3 is 2.63 bits per heavy atom. The van der Waals surface area contributed by atoms with Gasteiger partial charge in [-0.2, -0.15) is 10.4 Å². The van der Waals surface area contributed by atoms with Crippen LogP contribution in [0, 0.1) is 11.3 Å². The minimum atomic E-state index is -0.0411. The van der Waals surface area contributed by atoms with E-state index in [9.17, 15) is 9.65 Å². The Kier molecular flexibility index (Phi) is 7.71. The van der Waals surface area contributed by atoms with Crippen molar-refractivity contribution in [3.63, 3.8) is 0 Å². The molecule has 3 aromatic heterocycles. The van der Waals surface area contributed by atoms with Gasteiger partial charge in [0, 0.05) is 61.8 Å². The van der Waals surface area contributed by atoms with Gasteiger partial charge in [0.25, 0.3) is 0 Å². The molecule has 0 unspecified atom stereocenters. The molecule has 1 saturated heterocycles. The van der Waals surface area contributed by atoms with Crippen molar-refractivity contribution in [2.45, 2.75) is 46.5 Å². The van der Waals surface area contributed by atoms with Crippen LogP contribution in [0.2, 0.25) is 0 Å². The number of hydrogen-bond acceptors (Lipinski definition) is 5. The maximum atomic E-state index is 14.4. The molecule has 0 saturated carbocycles. The first-order chi connectivity index (χ1) is 18.5. The molecule has 0 radical (unpaired) electrons. The highest BCUT2D eigenvalue weighted by Gasteiger charge is 2.22. The minimum Gasteiger partial charge on any atom is -0.354 e. The highest BCUT2D eigenvalue weighted by atomic mass is 19.1. The van der Waals surface area contributed by atoms with Crippen molar-refractivity contribution in [2.24, 2.45) is 0 Å². The van der Waals surface area contributed by atoms with Gasteiger partial charge in [-0.15, -0.1) is 0 Å². The molecular weight excluding hydrogens is 475 g/mol. The number of anilines is 1. The summed E-state index contributed by atoms with van der Waals surface area (Å²) in [4.78, 5) is 9.45. The molecule has 0 amide bonds. The van der Waals surface area contributed by atoms with Gasteiger partial charge < -0.3 is 4.90 Å². The van der Waals surface area contributed by atoms with E-state index in [1.54, 1.807) is 12.3 Å². The lowest BCUT2D eigenvalue weighted by Gasteiger charge is -2.36. The van der Waals surface area contributed by atoms with Crippen molar-refractivity contribution >= 4 is 16.9 Å². The number of piperazine rings is 1. The SMILES string of the molecule is CC/C=C(\CC)c1cc(-c2ccc(N3CCN(CC4=C(C)CCC=C4F)CC3)nc2)c2c(C#N)cnn2c1. The summed E-state index contributed by atoms with van der Waals surface area (Å²) < 4.78 is 16.2. The van der Waals surface area contributed by atoms with Crippen LogP contribution in [0.25, 0.3) is 22.2 Å². The van der Waals surface area contributed by atoms with Crippen LogP contribution in [-0.2, 0) is 0 Å². The number of aromatic nitrogens is 3. The van der Waals surface area contributed by atoms with Crippen LogP contribution in [0.5, 0.6) is 0 Å². The van der Waals surface area contributed by atoms with E-state index in [0.29, 0.717) is 12.1 Å². The van der Waals surface area contributed by atoms with Crippen molar-refractivity contribution in [3.8, 4) is 17.2 Å². The zero-order valence-corrected chi connectivity index (χ0v) is 22.5. The topological polar surface area (TPSA) is 60.5 Å². The van der Waals surface area contributed by atoms with Gasteiger partial charge in [0.05, 0.1) is 17.3 Å². The predicted molar refractivity (Wildman–Crippen MR) is 151 cm³/mol. The summed E-state index contributed by atoms with van der Waals surface area (Å²) in [5.74, 6) is 0.898. The zero-order chi connectivity index (χ0) is 26.6. The Bertz CT molecular complexity index is 1450. The fourth-order valence-corrected chi connectivity index (χ4v) is 5.51. The van der Waals surface area contributed by atoms with Crippen molar-refractivity contribution < 1.29 is 4.39 Å². The molecule has 7 heteroatoms. The molecule has 4 heterocycles. The molecular formula is C31H35FN6. The number of pyridine rings is 2. The molecule has 5 rings (SSSR count). The van der Waals surface area contributed by atoms with Crippen LogP contribution in [0.1, 0.15) is 57.6 Å². The zero-order valence-electron chi connectivity index (χ0n) is 22.5. The van der Waals surface area contributed by atoms with Gasteiger partial charge in [0.2, 0.25) is 0 Å². The first-order valence-electron chi connectivity index (χ1n) is 13.6. The van der Waals surface area contributed by atoms with Crippen LogP contribution >= 0.6 is 0 Å². The third kappa shape index (κ3) is 5.14. The van der Waals surface area contributed by atoms with Gasteiger partial charge in [-0.1, -0.05) is 25.5 Å². The number of nitrogens with zero attached hydrogens (tertiary/aromatic N) is 6. The summed E-state index contributed by atoms with van der Waals surface area (Å²) in [6.45, 7) is 10.5. The lowest BCUT2D eigenvalue weighted by Crippen LogP contribution is -2.47. The highest BCUT2D eigenvalue weighted by molar-refractivity contribution is 5.87. The fraction of sp³-hybridized carbons (Fsp3) is 0.387. The average molecular weight is 511 g/mol. The number of fused-ring (bicyclic) bond motifs is 1. The van der Waals surface area contributed by atoms with Crippen LogP contribution in [0.3, 0.4) is 0 Å². The third-order valence-corrected chi connectivity index (χ3v) is 7.72. The first kappa shape index (κ1) is 25.9. The molecule has 0 aromatic carbocycles. The van der Waals surface area contributed by atoms with Crippen LogP contribution in [-0.4, -0.2) is 52.2 Å². The van der Waals surface area contributed by atoms with Gasteiger partial charge in [0.1, 0.15) is 17.7 Å². The maximum Gasteiger partial charge on any atom is 0.128 e. The predicted octanol–water partition coefficient (Wildman–Crippen LogP) is 6.56. The lowest BCUT2D eigenvalue weighted by molar-refractivity contribution is 0.275. The molecule has 0 atom stereocenters. The number of allylic oxidation sites excluding steroid dienone is 4. The van der Waals surface area contributed by atoms with E-state index in [4.69, 9.17) is 4.98 Å². The average Bonchev–Trinajstić information content (AvgIpc) is 3.37. The molecule has 6 nitrogen and oxygen atoms in total. The Morgan fingerprint density at radius 2 is 1.97 bits per heavy atom. The molecule has 3 aromatic rings. The van der Waals surface area contributed by atoms with E-state index in [1.807, 2.05) is 16.9 Å². The molecule has 1 aliphatic heterocycles. The molecule has 1 aliphatic carbocycles. The molecule has 0 N–H and O–H groups in total. The van der Waals surface area contributed by atoms with E-state index in [1.165, 1.54) is 11.1 Å². The normalized spacial score (nSPS) is 17.2. The van der Waals surface area contributed by atoms with Gasteiger partial charge in [0.15, 0.2) is 0 Å². The second-order valence-electron chi connectivity index (χ2n) is 10.1. The Labute approximate surface area is 224 Å². The van der Waals surface area contributed by atoms with Gasteiger partial charge in [-0.3, -0.25) is 4.90 Å². The van der Waals surface area contributed by atoms with E-state index in [-0.39, 0.29) is 5.83 Å². The monoisotopic (exact) mass is 510 g/mol. The number of halogens is 1. The summed E-state index contributed by atoms with van der Waals surface area (Å²) in [6.07, 6.45) is 13.2. The van der Waals surface area contributed by atoms with Gasteiger partial charge in [-0.25, -0.2) is 13.9 Å². The van der Waals surface area contributed by atoms with Crippen LogP contribution in [0.15, 0.2) is 65.9 Å². The first-order valence-corrected chi connectivity index (χ1v) is 13.6. The van der Waals surface area contributed by atoms with Crippen LogP contribution < -0.4 is 4.90 Å². The molecule has 0 spiro atoms. The second kappa shape index (κ2) is 11.3. The van der Waals surface area contributed by atoms with Crippen molar-refractivity contribution in [1.82, 2.24) is 19.5 Å². The smallest absolute Gasteiger partial charge is 0.128 e. The fourth-order valence-electron chi connectivity index (χ4n) is 5.51. The quantitative estimate of drug-likeness (QED) is 0.360. The maximum absolute atomic E-state index is 14.4. The third-order valence-electron chi connectivity index (χ3n) is 7.72.